The third-order valence-corrected chi connectivity index (χ3v) is 9.41. The highest BCUT2D eigenvalue weighted by atomic mass is 32.2. The topological polar surface area (TPSA) is 22.1 Å². The van der Waals surface area contributed by atoms with E-state index in [2.05, 4.69) is 51.6 Å². The summed E-state index contributed by atoms with van der Waals surface area (Å²) in [5.74, 6) is 2.16. The minimum Gasteiger partial charge on any atom is -0.297 e. The van der Waals surface area contributed by atoms with Crippen LogP contribution in [0.4, 0.5) is 0 Å². The number of hydrogen-bond donors (Lipinski definition) is 0. The molecule has 0 aliphatic heterocycles. The van der Waals surface area contributed by atoms with Crippen LogP contribution in [0.25, 0.3) is 10.2 Å². The van der Waals surface area contributed by atoms with Crippen molar-refractivity contribution < 1.29 is 4.18 Å². The van der Waals surface area contributed by atoms with Gasteiger partial charge in [0.1, 0.15) is 5.60 Å². The second-order valence-electron chi connectivity index (χ2n) is 8.75. The molecule has 2 aliphatic carbocycles. The summed E-state index contributed by atoms with van der Waals surface area (Å²) in [4.78, 5) is 4.74. The average Bonchev–Trinajstić information content (AvgIpc) is 3.26. The third kappa shape index (κ3) is 3.28. The Morgan fingerprint density at radius 3 is 2.93 bits per heavy atom. The van der Waals surface area contributed by atoms with Crippen molar-refractivity contribution in [1.82, 2.24) is 4.98 Å². The fourth-order valence-electron chi connectivity index (χ4n) is 5.94. The summed E-state index contributed by atoms with van der Waals surface area (Å²) in [5, 5.41) is 0. The highest BCUT2D eigenvalue weighted by molar-refractivity contribution is 7.96. The van der Waals surface area contributed by atoms with Crippen LogP contribution >= 0.6 is 23.4 Å². The molecule has 1 aromatic carbocycles. The smallest absolute Gasteiger partial charge is 0.178 e. The predicted octanol–water partition coefficient (Wildman–Crippen LogP) is 7.51. The molecular weight excluding hydrogens is 370 g/mol. The zero-order valence-corrected chi connectivity index (χ0v) is 18.4. The molecule has 2 aromatic rings. The summed E-state index contributed by atoms with van der Waals surface area (Å²) in [5.41, 5.74) is 1.21. The summed E-state index contributed by atoms with van der Waals surface area (Å²) in [6.07, 6.45) is 9.63. The minimum atomic E-state index is -0.224. The van der Waals surface area contributed by atoms with Gasteiger partial charge in [-0.1, -0.05) is 45.4 Å². The number of rotatable bonds is 6. The zero-order valence-electron chi connectivity index (χ0n) is 16.7. The maximum absolute atomic E-state index is 6.62. The fourth-order valence-corrected chi connectivity index (χ4v) is 7.78. The first-order valence-corrected chi connectivity index (χ1v) is 11.9. The fraction of sp³-hybridized carbons (Fsp3) is 0.609. The van der Waals surface area contributed by atoms with Gasteiger partial charge in [-0.05, 0) is 67.4 Å². The molecule has 4 rings (SSSR count). The number of nitrogens with zero attached hydrogens (tertiary/aromatic N) is 1. The van der Waals surface area contributed by atoms with Gasteiger partial charge in [-0.3, -0.25) is 4.18 Å². The monoisotopic (exact) mass is 401 g/mol. The van der Waals surface area contributed by atoms with Crippen molar-refractivity contribution in [2.75, 3.05) is 0 Å². The van der Waals surface area contributed by atoms with Crippen LogP contribution in [0.5, 0.6) is 0 Å². The lowest BCUT2D eigenvalue weighted by atomic mass is 9.57. The molecule has 2 fully saturated rings. The highest BCUT2D eigenvalue weighted by Gasteiger charge is 2.58. The molecule has 27 heavy (non-hydrogen) atoms. The van der Waals surface area contributed by atoms with Gasteiger partial charge in [0.15, 0.2) is 4.34 Å². The standard InChI is InChI=1S/C23H31NOS2/c1-5-16(3)17-12-13-20-22(17,4)14-9-15-23(20,6-2)25-27-21-24-18-10-7-8-11-19(18)26-21/h6-8,10-11,16-17,20H,2,5,9,12-15H2,1,3-4H3/t16-,17+,20+,22+,23-/m0/s1. The zero-order chi connectivity index (χ0) is 19.1. The van der Waals surface area contributed by atoms with Gasteiger partial charge in [-0.15, -0.1) is 17.9 Å². The van der Waals surface area contributed by atoms with E-state index in [0.29, 0.717) is 11.3 Å². The molecule has 0 saturated heterocycles. The van der Waals surface area contributed by atoms with Gasteiger partial charge in [0.05, 0.1) is 22.3 Å². The van der Waals surface area contributed by atoms with E-state index in [1.54, 1.807) is 11.3 Å². The summed E-state index contributed by atoms with van der Waals surface area (Å²) in [6.45, 7) is 11.6. The van der Waals surface area contributed by atoms with Crippen molar-refractivity contribution in [3.63, 3.8) is 0 Å². The van der Waals surface area contributed by atoms with Gasteiger partial charge >= 0.3 is 0 Å². The van der Waals surface area contributed by atoms with E-state index in [9.17, 15) is 0 Å². The Morgan fingerprint density at radius 2 is 2.19 bits per heavy atom. The molecule has 0 spiro atoms. The molecule has 2 nitrogen and oxygen atoms in total. The van der Waals surface area contributed by atoms with Gasteiger partial charge < -0.3 is 0 Å². The van der Waals surface area contributed by atoms with E-state index < -0.39 is 0 Å². The quantitative estimate of drug-likeness (QED) is 0.369. The van der Waals surface area contributed by atoms with Crippen molar-refractivity contribution in [2.45, 2.75) is 69.2 Å². The second-order valence-corrected chi connectivity index (χ2v) is 10.8. The number of hydrogen-bond acceptors (Lipinski definition) is 4. The van der Waals surface area contributed by atoms with E-state index in [-0.39, 0.29) is 5.60 Å². The van der Waals surface area contributed by atoms with E-state index in [4.69, 9.17) is 9.17 Å². The molecule has 0 unspecified atom stereocenters. The van der Waals surface area contributed by atoms with Crippen molar-refractivity contribution in [3.05, 3.63) is 36.9 Å². The van der Waals surface area contributed by atoms with Gasteiger partial charge in [0, 0.05) is 0 Å². The Hall–Kier alpha value is -0.840. The van der Waals surface area contributed by atoms with Gasteiger partial charge in [-0.2, -0.15) is 0 Å². The van der Waals surface area contributed by atoms with Crippen molar-refractivity contribution in [1.29, 1.82) is 0 Å². The Balaban J connectivity index is 1.57. The van der Waals surface area contributed by atoms with Gasteiger partial charge in [0.25, 0.3) is 0 Å². The van der Waals surface area contributed by atoms with Crippen LogP contribution in [0.2, 0.25) is 0 Å². The highest BCUT2D eigenvalue weighted by Crippen LogP contribution is 2.63. The Morgan fingerprint density at radius 1 is 1.37 bits per heavy atom. The average molecular weight is 402 g/mol. The van der Waals surface area contributed by atoms with Crippen molar-refractivity contribution >= 4 is 33.6 Å². The molecule has 0 amide bonds. The molecule has 1 aromatic heterocycles. The number of fused-ring (bicyclic) bond motifs is 2. The van der Waals surface area contributed by atoms with Crippen molar-refractivity contribution in [3.8, 4) is 0 Å². The first-order valence-electron chi connectivity index (χ1n) is 10.4. The summed E-state index contributed by atoms with van der Waals surface area (Å²) >= 11 is 3.20. The number of para-hydroxylation sites is 1. The minimum absolute atomic E-state index is 0.224. The van der Waals surface area contributed by atoms with Crippen LogP contribution in [0.3, 0.4) is 0 Å². The Labute approximate surface area is 172 Å². The maximum Gasteiger partial charge on any atom is 0.178 e. The van der Waals surface area contributed by atoms with E-state index >= 15 is 0 Å². The maximum atomic E-state index is 6.62. The number of thiazole rings is 1. The SMILES string of the molecule is C=C[C@]1(OSc2nc3ccccc3s2)CCC[C@]2(C)[C@@H]([C@@H](C)CC)CC[C@H]21. The van der Waals surface area contributed by atoms with Crippen LogP contribution in [0.15, 0.2) is 41.3 Å². The predicted molar refractivity (Wildman–Crippen MR) is 117 cm³/mol. The summed E-state index contributed by atoms with van der Waals surface area (Å²) < 4.78 is 8.85. The molecule has 2 aliphatic rings. The number of aromatic nitrogens is 1. The van der Waals surface area contributed by atoms with E-state index in [0.717, 1.165) is 28.1 Å². The normalized spacial score (nSPS) is 34.5. The molecule has 4 heteroatoms. The molecule has 146 valence electrons. The van der Waals surface area contributed by atoms with Crippen LogP contribution in [-0.4, -0.2) is 10.6 Å². The summed E-state index contributed by atoms with van der Waals surface area (Å²) in [6, 6.07) is 8.32. The summed E-state index contributed by atoms with van der Waals surface area (Å²) in [7, 11) is 0. The number of benzene rings is 1. The molecular formula is C23H31NOS2. The molecule has 2 saturated carbocycles. The Bertz CT molecular complexity index is 785. The molecule has 0 bridgehead atoms. The first kappa shape index (κ1) is 19.5. The second kappa shape index (κ2) is 7.53. The lowest BCUT2D eigenvalue weighted by Crippen LogP contribution is -2.49. The van der Waals surface area contributed by atoms with Gasteiger partial charge in [-0.25, -0.2) is 4.98 Å². The largest absolute Gasteiger partial charge is 0.297 e. The molecule has 5 atom stereocenters. The van der Waals surface area contributed by atoms with Gasteiger partial charge in [0.2, 0.25) is 0 Å². The van der Waals surface area contributed by atoms with Crippen LogP contribution in [-0.2, 0) is 4.18 Å². The van der Waals surface area contributed by atoms with Crippen LogP contribution in [0, 0.1) is 23.2 Å². The molecule has 0 radical (unpaired) electrons. The van der Waals surface area contributed by atoms with Crippen LogP contribution < -0.4 is 0 Å². The van der Waals surface area contributed by atoms with Crippen molar-refractivity contribution in [2.24, 2.45) is 23.2 Å². The van der Waals surface area contributed by atoms with Crippen LogP contribution in [0.1, 0.15) is 59.3 Å². The van der Waals surface area contributed by atoms with E-state index in [1.807, 2.05) is 6.07 Å². The third-order valence-electron chi connectivity index (χ3n) is 7.50. The lowest BCUT2D eigenvalue weighted by molar-refractivity contribution is -0.0516. The van der Waals surface area contributed by atoms with E-state index in [1.165, 1.54) is 48.8 Å². The molecule has 0 N–H and O–H groups in total. The first-order chi connectivity index (χ1) is 13.0. The molecule has 1 heterocycles. The lowest BCUT2D eigenvalue weighted by Gasteiger charge is -2.51. The Kier molecular flexibility index (Phi) is 5.43.